The molecule has 0 saturated carbocycles. The number of hydrogen-bond acceptors (Lipinski definition) is 5. The number of likely N-dealkylation sites (tertiary alicyclic amines) is 1. The van der Waals surface area contributed by atoms with Crippen molar-refractivity contribution in [2.45, 2.75) is 26.3 Å². The van der Waals surface area contributed by atoms with Crippen LogP contribution in [-0.2, 0) is 0 Å². The minimum atomic E-state index is 0.500. The first kappa shape index (κ1) is 13.1. The molecule has 1 aromatic rings. The van der Waals surface area contributed by atoms with E-state index in [1.54, 1.807) is 0 Å². The molecule has 0 aromatic carbocycles. The number of nitrogens with one attached hydrogen (secondary N) is 2. The second-order valence-corrected chi connectivity index (χ2v) is 5.25. The zero-order chi connectivity index (χ0) is 13.1. The summed E-state index contributed by atoms with van der Waals surface area (Å²) in [6, 6.07) is 2.51. The van der Waals surface area contributed by atoms with Crippen LogP contribution >= 0.6 is 0 Å². The van der Waals surface area contributed by atoms with Gasteiger partial charge in [0.1, 0.15) is 5.82 Å². The lowest BCUT2D eigenvalue weighted by Crippen LogP contribution is -2.43. The van der Waals surface area contributed by atoms with E-state index >= 15 is 0 Å². The lowest BCUT2D eigenvalue weighted by atomic mass is 9.94. The molecule has 1 saturated heterocycles. The second kappa shape index (κ2) is 5.52. The molecule has 5 heteroatoms. The van der Waals surface area contributed by atoms with E-state index in [1.807, 2.05) is 20.0 Å². The molecule has 2 atom stereocenters. The lowest BCUT2D eigenvalue weighted by molar-refractivity contribution is 0.206. The van der Waals surface area contributed by atoms with Crippen molar-refractivity contribution in [1.82, 2.24) is 14.9 Å². The number of nitrogens with zero attached hydrogens (tertiary/aromatic N) is 3. The van der Waals surface area contributed by atoms with E-state index in [1.165, 1.54) is 0 Å². The van der Waals surface area contributed by atoms with Gasteiger partial charge in [-0.3, -0.25) is 0 Å². The highest BCUT2D eigenvalue weighted by Crippen LogP contribution is 2.20. The predicted molar refractivity (Wildman–Crippen MR) is 75.0 cm³/mol. The van der Waals surface area contributed by atoms with Crippen LogP contribution in [0, 0.1) is 12.8 Å². The SMILES string of the molecule is CNc1nc(C)cc(NC2CCN(C)CC2C)n1. The van der Waals surface area contributed by atoms with Crippen molar-refractivity contribution >= 4 is 11.8 Å². The van der Waals surface area contributed by atoms with Gasteiger partial charge in [0.25, 0.3) is 0 Å². The van der Waals surface area contributed by atoms with E-state index in [0.29, 0.717) is 17.9 Å². The van der Waals surface area contributed by atoms with Gasteiger partial charge in [-0.1, -0.05) is 6.92 Å². The highest BCUT2D eigenvalue weighted by atomic mass is 15.2. The van der Waals surface area contributed by atoms with Crippen molar-refractivity contribution in [2.24, 2.45) is 5.92 Å². The van der Waals surface area contributed by atoms with Crippen molar-refractivity contribution in [3.05, 3.63) is 11.8 Å². The minimum Gasteiger partial charge on any atom is -0.367 e. The van der Waals surface area contributed by atoms with Crippen LogP contribution in [0.15, 0.2) is 6.07 Å². The maximum Gasteiger partial charge on any atom is 0.224 e. The highest BCUT2D eigenvalue weighted by molar-refractivity contribution is 5.42. The van der Waals surface area contributed by atoms with Crippen molar-refractivity contribution < 1.29 is 0 Å². The number of aromatic nitrogens is 2. The molecule has 2 rings (SSSR count). The molecule has 2 heterocycles. The van der Waals surface area contributed by atoms with Crippen molar-refractivity contribution in [1.29, 1.82) is 0 Å². The summed E-state index contributed by atoms with van der Waals surface area (Å²) in [5.74, 6) is 2.24. The molecule has 5 nitrogen and oxygen atoms in total. The quantitative estimate of drug-likeness (QED) is 0.852. The third-order valence-corrected chi connectivity index (χ3v) is 3.52. The van der Waals surface area contributed by atoms with Crippen molar-refractivity contribution in [3.63, 3.8) is 0 Å². The van der Waals surface area contributed by atoms with Gasteiger partial charge in [0.2, 0.25) is 5.95 Å². The van der Waals surface area contributed by atoms with Gasteiger partial charge >= 0.3 is 0 Å². The molecule has 1 aromatic heterocycles. The summed E-state index contributed by atoms with van der Waals surface area (Å²) in [4.78, 5) is 11.1. The zero-order valence-corrected chi connectivity index (χ0v) is 11.7. The molecular weight excluding hydrogens is 226 g/mol. The summed E-state index contributed by atoms with van der Waals surface area (Å²) in [6.07, 6.45) is 1.16. The van der Waals surface area contributed by atoms with E-state index in [2.05, 4.69) is 39.5 Å². The Hall–Kier alpha value is -1.36. The van der Waals surface area contributed by atoms with E-state index < -0.39 is 0 Å². The first-order valence-electron chi connectivity index (χ1n) is 6.57. The van der Waals surface area contributed by atoms with Crippen LogP contribution in [0.25, 0.3) is 0 Å². The number of piperidine rings is 1. The molecule has 100 valence electrons. The van der Waals surface area contributed by atoms with Gasteiger partial charge in [-0.2, -0.15) is 4.98 Å². The lowest BCUT2D eigenvalue weighted by Gasteiger charge is -2.35. The van der Waals surface area contributed by atoms with E-state index in [4.69, 9.17) is 0 Å². The standard InChI is InChI=1S/C13H23N5/c1-9-8-18(4)6-5-11(9)16-12-7-10(2)15-13(14-3)17-12/h7,9,11H,5-6,8H2,1-4H3,(H2,14,15,16,17). The van der Waals surface area contributed by atoms with Gasteiger partial charge in [0, 0.05) is 31.4 Å². The Kier molecular flexibility index (Phi) is 4.01. The third-order valence-electron chi connectivity index (χ3n) is 3.52. The zero-order valence-electron chi connectivity index (χ0n) is 11.7. The molecule has 1 aliphatic rings. The Bertz CT molecular complexity index is 406. The monoisotopic (exact) mass is 249 g/mol. The Labute approximate surface area is 109 Å². The van der Waals surface area contributed by atoms with Gasteiger partial charge in [-0.25, -0.2) is 4.98 Å². The van der Waals surface area contributed by atoms with E-state index in [9.17, 15) is 0 Å². The van der Waals surface area contributed by atoms with Crippen LogP contribution in [-0.4, -0.2) is 48.1 Å². The van der Waals surface area contributed by atoms with E-state index in [0.717, 1.165) is 31.0 Å². The second-order valence-electron chi connectivity index (χ2n) is 5.25. The molecule has 0 amide bonds. The molecule has 2 N–H and O–H groups in total. The van der Waals surface area contributed by atoms with Gasteiger partial charge in [0.15, 0.2) is 0 Å². The molecule has 1 aliphatic heterocycles. The topological polar surface area (TPSA) is 53.1 Å². The number of hydrogen-bond donors (Lipinski definition) is 2. The average Bonchev–Trinajstić information content (AvgIpc) is 2.32. The van der Waals surface area contributed by atoms with Crippen LogP contribution in [0.3, 0.4) is 0 Å². The fraction of sp³-hybridized carbons (Fsp3) is 0.692. The van der Waals surface area contributed by atoms with Crippen LogP contribution < -0.4 is 10.6 Å². The summed E-state index contributed by atoms with van der Waals surface area (Å²) < 4.78 is 0. The maximum absolute atomic E-state index is 4.45. The Morgan fingerprint density at radius 3 is 2.83 bits per heavy atom. The molecule has 2 unspecified atom stereocenters. The summed E-state index contributed by atoms with van der Waals surface area (Å²) in [6.45, 7) is 6.57. The van der Waals surface area contributed by atoms with Gasteiger partial charge in [-0.05, 0) is 32.9 Å². The van der Waals surface area contributed by atoms with Crippen LogP contribution in [0.2, 0.25) is 0 Å². The van der Waals surface area contributed by atoms with Gasteiger partial charge < -0.3 is 15.5 Å². The summed E-state index contributed by atoms with van der Waals surface area (Å²) >= 11 is 0. The molecule has 0 bridgehead atoms. The van der Waals surface area contributed by atoms with Crippen LogP contribution in [0.1, 0.15) is 19.0 Å². The van der Waals surface area contributed by atoms with Gasteiger partial charge in [0.05, 0.1) is 0 Å². The molecular formula is C13H23N5. The largest absolute Gasteiger partial charge is 0.367 e. The Morgan fingerprint density at radius 1 is 1.39 bits per heavy atom. The fourth-order valence-corrected chi connectivity index (χ4v) is 2.51. The minimum absolute atomic E-state index is 0.500. The van der Waals surface area contributed by atoms with Gasteiger partial charge in [-0.15, -0.1) is 0 Å². The molecule has 0 spiro atoms. The smallest absolute Gasteiger partial charge is 0.224 e. The maximum atomic E-state index is 4.45. The first-order valence-corrected chi connectivity index (χ1v) is 6.57. The first-order chi connectivity index (χ1) is 8.58. The molecule has 0 aliphatic carbocycles. The molecule has 18 heavy (non-hydrogen) atoms. The number of aryl methyl sites for hydroxylation is 1. The molecule has 1 fully saturated rings. The summed E-state index contributed by atoms with van der Waals surface area (Å²) in [5.41, 5.74) is 0.984. The van der Waals surface area contributed by atoms with Crippen molar-refractivity contribution in [2.75, 3.05) is 37.8 Å². The summed E-state index contributed by atoms with van der Waals surface area (Å²) in [5, 5.41) is 6.54. The van der Waals surface area contributed by atoms with Crippen LogP contribution in [0.5, 0.6) is 0 Å². The highest BCUT2D eigenvalue weighted by Gasteiger charge is 2.24. The molecule has 0 radical (unpaired) electrons. The average molecular weight is 249 g/mol. The third kappa shape index (κ3) is 3.10. The number of anilines is 2. The summed E-state index contributed by atoms with van der Waals surface area (Å²) in [7, 11) is 4.03. The number of rotatable bonds is 3. The Balaban J connectivity index is 2.06. The van der Waals surface area contributed by atoms with Crippen LogP contribution in [0.4, 0.5) is 11.8 Å². The fourth-order valence-electron chi connectivity index (χ4n) is 2.51. The van der Waals surface area contributed by atoms with Crippen molar-refractivity contribution in [3.8, 4) is 0 Å². The van der Waals surface area contributed by atoms with E-state index in [-0.39, 0.29) is 0 Å². The normalized spacial score (nSPS) is 24.9. The Morgan fingerprint density at radius 2 is 2.17 bits per heavy atom. The predicted octanol–water partition coefficient (Wildman–Crippen LogP) is 1.58.